The number of hydrogen-bond acceptors (Lipinski definition) is 5. The van der Waals surface area contributed by atoms with Crippen LogP contribution in [0.2, 0.25) is 0 Å². The molecule has 0 bridgehead atoms. The molecule has 2 heterocycles. The lowest BCUT2D eigenvalue weighted by Gasteiger charge is -2.51. The van der Waals surface area contributed by atoms with E-state index in [-0.39, 0.29) is 23.5 Å². The third-order valence-electron chi connectivity index (χ3n) is 7.62. The van der Waals surface area contributed by atoms with Gasteiger partial charge in [-0.2, -0.15) is 0 Å². The summed E-state index contributed by atoms with van der Waals surface area (Å²) in [6, 6.07) is 7.91. The molecule has 0 aromatic heterocycles. The molecule has 1 amide bonds. The van der Waals surface area contributed by atoms with Crippen LogP contribution in [0.5, 0.6) is 5.75 Å². The van der Waals surface area contributed by atoms with Gasteiger partial charge in [0.05, 0.1) is 11.7 Å². The number of carbonyl (C=O) groups excluding carboxylic acids is 1. The first-order chi connectivity index (χ1) is 14.6. The van der Waals surface area contributed by atoms with E-state index in [9.17, 15) is 15.0 Å². The van der Waals surface area contributed by atoms with Gasteiger partial charge in [-0.15, -0.1) is 0 Å². The lowest BCUT2D eigenvalue weighted by Crippen LogP contribution is -2.58. The van der Waals surface area contributed by atoms with Crippen molar-refractivity contribution >= 4 is 11.6 Å². The molecule has 1 aliphatic carbocycles. The summed E-state index contributed by atoms with van der Waals surface area (Å²) in [6.07, 6.45) is 4.02. The highest BCUT2D eigenvalue weighted by atomic mass is 16.5. The second-order valence-electron chi connectivity index (χ2n) is 10.7. The molecule has 172 valence electrons. The number of aliphatic hydroxyl groups is 2. The maximum Gasteiger partial charge on any atom is 0.223 e. The summed E-state index contributed by atoms with van der Waals surface area (Å²) in [5.74, 6) is 1.38. The summed E-state index contributed by atoms with van der Waals surface area (Å²) < 4.78 is 5.74. The fourth-order valence-electron chi connectivity index (χ4n) is 5.78. The lowest BCUT2D eigenvalue weighted by molar-refractivity contribution is -0.140. The van der Waals surface area contributed by atoms with Crippen molar-refractivity contribution in [1.29, 1.82) is 0 Å². The van der Waals surface area contributed by atoms with Gasteiger partial charge < -0.3 is 24.7 Å². The highest BCUT2D eigenvalue weighted by Gasteiger charge is 2.49. The van der Waals surface area contributed by atoms with E-state index in [1.807, 2.05) is 43.0 Å². The fourth-order valence-corrected chi connectivity index (χ4v) is 5.78. The second-order valence-corrected chi connectivity index (χ2v) is 10.7. The summed E-state index contributed by atoms with van der Waals surface area (Å²) in [7, 11) is 0. The maximum atomic E-state index is 12.4. The van der Waals surface area contributed by atoms with Crippen LogP contribution >= 0.6 is 0 Å². The van der Waals surface area contributed by atoms with Crippen LogP contribution in [0.25, 0.3) is 0 Å². The number of likely N-dealkylation sites (tertiary alicyclic amines) is 1. The number of anilines is 1. The van der Waals surface area contributed by atoms with Gasteiger partial charge in [-0.05, 0) is 90.0 Å². The van der Waals surface area contributed by atoms with Gasteiger partial charge in [0.2, 0.25) is 5.91 Å². The van der Waals surface area contributed by atoms with Crippen molar-refractivity contribution in [3.63, 3.8) is 0 Å². The van der Waals surface area contributed by atoms with E-state index in [0.29, 0.717) is 31.7 Å². The average molecular weight is 431 g/mol. The largest absolute Gasteiger partial charge is 0.491 e. The summed E-state index contributed by atoms with van der Waals surface area (Å²) in [4.78, 5) is 16.4. The molecular formula is C25H38N2O4. The second kappa shape index (κ2) is 8.28. The number of β-amino-alcohol motifs (C(OH)–C–C–N with tert-alkyl or cyclic N) is 1. The summed E-state index contributed by atoms with van der Waals surface area (Å²) in [5, 5.41) is 22.8. The maximum absolute atomic E-state index is 12.4. The molecule has 4 atom stereocenters. The van der Waals surface area contributed by atoms with E-state index < -0.39 is 11.8 Å². The Kier molecular flexibility index (Phi) is 5.99. The van der Waals surface area contributed by atoms with Crippen molar-refractivity contribution in [2.45, 2.75) is 89.7 Å². The third-order valence-corrected chi connectivity index (χ3v) is 7.62. The van der Waals surface area contributed by atoms with Crippen molar-refractivity contribution in [2.24, 2.45) is 11.8 Å². The van der Waals surface area contributed by atoms with Crippen molar-refractivity contribution in [1.82, 2.24) is 4.90 Å². The molecule has 6 heteroatoms. The number of nitrogens with zero attached hydrogens (tertiary/aromatic N) is 2. The molecule has 1 aromatic rings. The van der Waals surface area contributed by atoms with Crippen LogP contribution in [-0.2, 0) is 4.79 Å². The Hall–Kier alpha value is -1.79. The molecule has 1 saturated carbocycles. The van der Waals surface area contributed by atoms with E-state index in [1.165, 1.54) is 0 Å². The number of fused-ring (bicyclic) bond motifs is 1. The Balaban J connectivity index is 1.46. The predicted octanol–water partition coefficient (Wildman–Crippen LogP) is 3.55. The molecule has 2 saturated heterocycles. The van der Waals surface area contributed by atoms with Crippen LogP contribution in [0, 0.1) is 11.8 Å². The average Bonchev–Trinajstić information content (AvgIpc) is 2.96. The molecule has 31 heavy (non-hydrogen) atoms. The van der Waals surface area contributed by atoms with Crippen molar-refractivity contribution in [3.05, 3.63) is 24.3 Å². The number of aliphatic hydroxyl groups excluding tert-OH is 1. The van der Waals surface area contributed by atoms with Crippen LogP contribution in [0.15, 0.2) is 24.3 Å². The van der Waals surface area contributed by atoms with Gasteiger partial charge in [0, 0.05) is 36.7 Å². The first-order valence-electron chi connectivity index (χ1n) is 11.8. The van der Waals surface area contributed by atoms with Crippen molar-refractivity contribution < 1.29 is 19.7 Å². The zero-order valence-electron chi connectivity index (χ0n) is 19.4. The zero-order chi connectivity index (χ0) is 22.4. The number of rotatable bonds is 5. The number of hydrogen-bond donors (Lipinski definition) is 2. The van der Waals surface area contributed by atoms with Gasteiger partial charge >= 0.3 is 0 Å². The Bertz CT molecular complexity index is 793. The minimum absolute atomic E-state index is 0.0000853. The monoisotopic (exact) mass is 430 g/mol. The predicted molar refractivity (Wildman–Crippen MR) is 121 cm³/mol. The van der Waals surface area contributed by atoms with Gasteiger partial charge in [-0.25, -0.2) is 0 Å². The van der Waals surface area contributed by atoms with Gasteiger partial charge in [0.15, 0.2) is 0 Å². The molecule has 4 rings (SSSR count). The number of ether oxygens (including phenoxy) is 1. The van der Waals surface area contributed by atoms with Gasteiger partial charge in [-0.3, -0.25) is 4.79 Å². The molecule has 0 spiro atoms. The van der Waals surface area contributed by atoms with Crippen LogP contribution in [0.1, 0.15) is 66.2 Å². The topological polar surface area (TPSA) is 73.2 Å². The molecule has 3 aliphatic rings. The molecule has 6 nitrogen and oxygen atoms in total. The quantitative estimate of drug-likeness (QED) is 0.747. The van der Waals surface area contributed by atoms with E-state index in [2.05, 4.69) is 18.7 Å². The van der Waals surface area contributed by atoms with Crippen LogP contribution in [0.3, 0.4) is 0 Å². The molecule has 3 fully saturated rings. The zero-order valence-corrected chi connectivity index (χ0v) is 19.4. The first kappa shape index (κ1) is 22.4. The van der Waals surface area contributed by atoms with Gasteiger partial charge in [0.25, 0.3) is 0 Å². The van der Waals surface area contributed by atoms with Gasteiger partial charge in [0.1, 0.15) is 12.0 Å². The number of carbonyl (C=O) groups is 1. The molecule has 1 aromatic carbocycles. The lowest BCUT2D eigenvalue weighted by atomic mass is 9.67. The van der Waals surface area contributed by atoms with E-state index in [0.717, 1.165) is 37.2 Å². The van der Waals surface area contributed by atoms with E-state index in [4.69, 9.17) is 4.74 Å². The number of benzene rings is 1. The first-order valence-corrected chi connectivity index (χ1v) is 11.8. The molecular weight excluding hydrogens is 392 g/mol. The Morgan fingerprint density at radius 3 is 2.48 bits per heavy atom. The van der Waals surface area contributed by atoms with Crippen LogP contribution in [-0.4, -0.2) is 57.6 Å². The van der Waals surface area contributed by atoms with E-state index >= 15 is 0 Å². The molecule has 0 radical (unpaired) electrons. The Morgan fingerprint density at radius 1 is 1.16 bits per heavy atom. The number of piperidine rings is 1. The third kappa shape index (κ3) is 4.56. The van der Waals surface area contributed by atoms with Gasteiger partial charge in [-0.1, -0.05) is 0 Å². The Labute approximate surface area is 186 Å². The smallest absolute Gasteiger partial charge is 0.223 e. The normalized spacial score (nSPS) is 33.0. The molecule has 4 unspecified atom stereocenters. The highest BCUT2D eigenvalue weighted by molar-refractivity contribution is 5.79. The minimum atomic E-state index is -0.933. The summed E-state index contributed by atoms with van der Waals surface area (Å²) >= 11 is 0. The van der Waals surface area contributed by atoms with Crippen molar-refractivity contribution in [3.8, 4) is 5.75 Å². The SMILES string of the molecule is CC(C)Oc1ccc(N2CCC3CCC(O)(CN4C(=O)CCC4(C)C)CC3C2O)cc1. The van der Waals surface area contributed by atoms with Crippen LogP contribution < -0.4 is 9.64 Å². The van der Waals surface area contributed by atoms with Crippen LogP contribution in [0.4, 0.5) is 5.69 Å². The summed E-state index contributed by atoms with van der Waals surface area (Å²) in [5.41, 5.74) is -0.162. The number of amides is 1. The van der Waals surface area contributed by atoms with Crippen molar-refractivity contribution in [2.75, 3.05) is 18.0 Å². The van der Waals surface area contributed by atoms with E-state index in [1.54, 1.807) is 0 Å². The molecule has 2 N–H and O–H groups in total. The standard InChI is InChI=1S/C25H38N2O4/c1-17(2)31-20-7-5-19(6-8-20)26-14-11-18-9-13-25(30,15-21(18)23(26)29)16-27-22(28)10-12-24(27,3)4/h5-8,17-18,21,23,29-30H,9-16H2,1-4H3. The highest BCUT2D eigenvalue weighted by Crippen LogP contribution is 2.46. The minimum Gasteiger partial charge on any atom is -0.491 e. The Morgan fingerprint density at radius 2 is 1.87 bits per heavy atom. The molecule has 2 aliphatic heterocycles. The summed E-state index contributed by atoms with van der Waals surface area (Å²) in [6.45, 7) is 9.35. The fraction of sp³-hybridized carbons (Fsp3) is 0.720.